The summed E-state index contributed by atoms with van der Waals surface area (Å²) in [6.45, 7) is 0.639. The van der Waals surface area contributed by atoms with Crippen LogP contribution in [0, 0.1) is 16.0 Å². The molecule has 0 amide bonds. The zero-order chi connectivity index (χ0) is 15.6. The van der Waals surface area contributed by atoms with E-state index in [9.17, 15) is 23.3 Å². The molecule has 0 aromatic heterocycles. The first-order chi connectivity index (χ1) is 9.77. The van der Waals surface area contributed by atoms with Gasteiger partial charge in [0.1, 0.15) is 0 Å². The van der Waals surface area contributed by atoms with Gasteiger partial charge in [-0.05, 0) is 31.0 Å². The van der Waals surface area contributed by atoms with Crippen molar-refractivity contribution in [3.8, 4) is 0 Å². The van der Waals surface area contributed by atoms with Crippen LogP contribution in [0.15, 0.2) is 18.2 Å². The number of nitro groups is 1. The lowest BCUT2D eigenvalue weighted by molar-refractivity contribution is -0.384. The van der Waals surface area contributed by atoms with Gasteiger partial charge in [-0.3, -0.25) is 15.0 Å². The summed E-state index contributed by atoms with van der Waals surface area (Å²) in [5, 5.41) is 10.7. The molecule has 21 heavy (non-hydrogen) atoms. The second kappa shape index (κ2) is 5.88. The molecule has 116 valence electrons. The molecule has 0 bridgehead atoms. The number of likely N-dealkylation sites (tertiary alicyclic amines) is 1. The number of halogens is 3. The average Bonchev–Trinajstić information content (AvgIpc) is 2.40. The van der Waals surface area contributed by atoms with Crippen LogP contribution in [0.3, 0.4) is 0 Å². The molecule has 1 aromatic rings. The first kappa shape index (κ1) is 15.6. The number of nitrogens with two attached hydrogens (primary N) is 1. The summed E-state index contributed by atoms with van der Waals surface area (Å²) < 4.78 is 38.3. The highest BCUT2D eigenvalue weighted by Gasteiger charge is 2.41. The minimum Gasteiger partial charge on any atom is -0.398 e. The molecule has 1 aliphatic heterocycles. The van der Waals surface area contributed by atoms with Gasteiger partial charge in [-0.15, -0.1) is 0 Å². The minimum atomic E-state index is -4.20. The van der Waals surface area contributed by atoms with Gasteiger partial charge in [-0.1, -0.05) is 0 Å². The van der Waals surface area contributed by atoms with Gasteiger partial charge in [0.25, 0.3) is 5.69 Å². The van der Waals surface area contributed by atoms with E-state index in [4.69, 9.17) is 5.73 Å². The zero-order valence-electron chi connectivity index (χ0n) is 11.3. The van der Waals surface area contributed by atoms with E-state index < -0.39 is 17.0 Å². The van der Waals surface area contributed by atoms with Crippen LogP contribution in [0.25, 0.3) is 0 Å². The van der Waals surface area contributed by atoms with Crippen LogP contribution in [0.5, 0.6) is 0 Å². The van der Waals surface area contributed by atoms with E-state index in [0.717, 1.165) is 0 Å². The van der Waals surface area contributed by atoms with Gasteiger partial charge in [0.2, 0.25) is 0 Å². The van der Waals surface area contributed by atoms with E-state index in [1.54, 1.807) is 4.90 Å². The lowest BCUT2D eigenvalue weighted by Gasteiger charge is -2.33. The number of nitrogens with zero attached hydrogens (tertiary/aromatic N) is 2. The van der Waals surface area contributed by atoms with E-state index >= 15 is 0 Å². The number of nitro benzene ring substituents is 1. The Morgan fingerprint density at radius 2 is 2.14 bits per heavy atom. The topological polar surface area (TPSA) is 72.4 Å². The van der Waals surface area contributed by atoms with Crippen LogP contribution in [-0.2, 0) is 6.54 Å². The third-order valence-electron chi connectivity index (χ3n) is 3.70. The number of benzene rings is 1. The molecule has 1 fully saturated rings. The summed E-state index contributed by atoms with van der Waals surface area (Å²) in [6.07, 6.45) is -3.61. The monoisotopic (exact) mass is 303 g/mol. The Kier molecular flexibility index (Phi) is 4.36. The van der Waals surface area contributed by atoms with Crippen LogP contribution >= 0.6 is 0 Å². The van der Waals surface area contributed by atoms with Crippen molar-refractivity contribution in [2.45, 2.75) is 25.6 Å². The Labute approximate surface area is 119 Å². The summed E-state index contributed by atoms with van der Waals surface area (Å²) >= 11 is 0. The fraction of sp³-hybridized carbons (Fsp3) is 0.538. The maximum Gasteiger partial charge on any atom is 0.393 e. The van der Waals surface area contributed by atoms with Crippen LogP contribution in [0.2, 0.25) is 0 Å². The maximum absolute atomic E-state index is 12.8. The largest absolute Gasteiger partial charge is 0.398 e. The average molecular weight is 303 g/mol. The van der Waals surface area contributed by atoms with Crippen molar-refractivity contribution in [1.82, 2.24) is 4.90 Å². The molecule has 0 radical (unpaired) electrons. The Balaban J connectivity index is 2.11. The highest BCUT2D eigenvalue weighted by atomic mass is 19.4. The fourth-order valence-electron chi connectivity index (χ4n) is 2.55. The Hall–Kier alpha value is -1.83. The molecule has 0 spiro atoms. The predicted octanol–water partition coefficient (Wildman–Crippen LogP) is 2.95. The molecule has 1 saturated heterocycles. The second-order valence-electron chi connectivity index (χ2n) is 5.26. The van der Waals surface area contributed by atoms with Gasteiger partial charge in [0, 0.05) is 30.9 Å². The third kappa shape index (κ3) is 3.84. The number of alkyl halides is 3. The first-order valence-electron chi connectivity index (χ1n) is 6.59. The minimum absolute atomic E-state index is 0.0916. The Morgan fingerprint density at radius 1 is 1.43 bits per heavy atom. The van der Waals surface area contributed by atoms with Crippen molar-refractivity contribution in [3.63, 3.8) is 0 Å². The molecule has 1 atom stereocenters. The first-order valence-corrected chi connectivity index (χ1v) is 6.59. The second-order valence-corrected chi connectivity index (χ2v) is 5.26. The van der Waals surface area contributed by atoms with E-state index in [1.165, 1.54) is 18.2 Å². The van der Waals surface area contributed by atoms with Crippen molar-refractivity contribution in [2.75, 3.05) is 18.8 Å². The van der Waals surface area contributed by atoms with Crippen molar-refractivity contribution < 1.29 is 18.1 Å². The number of hydrogen-bond acceptors (Lipinski definition) is 4. The third-order valence-corrected chi connectivity index (χ3v) is 3.70. The number of non-ortho nitro benzene ring substituents is 1. The highest BCUT2D eigenvalue weighted by Crippen LogP contribution is 2.34. The highest BCUT2D eigenvalue weighted by molar-refractivity contribution is 5.52. The number of piperidine rings is 1. The summed E-state index contributed by atoms with van der Waals surface area (Å²) in [6, 6.07) is 4.03. The van der Waals surface area contributed by atoms with E-state index in [2.05, 4.69) is 0 Å². The molecule has 2 N–H and O–H groups in total. The lowest BCUT2D eigenvalue weighted by atomic mass is 9.97. The molecule has 1 aromatic carbocycles. The summed E-state index contributed by atoms with van der Waals surface area (Å²) in [5.41, 5.74) is 6.50. The SMILES string of the molecule is Nc1ccc([N+](=O)[O-])cc1CN1CCCC(C(F)(F)F)C1. The van der Waals surface area contributed by atoms with Crippen molar-refractivity contribution >= 4 is 11.4 Å². The molecule has 8 heteroatoms. The lowest BCUT2D eigenvalue weighted by Crippen LogP contribution is -2.41. The smallest absolute Gasteiger partial charge is 0.393 e. The van der Waals surface area contributed by atoms with Crippen LogP contribution in [0.1, 0.15) is 18.4 Å². The predicted molar refractivity (Wildman–Crippen MR) is 71.6 cm³/mol. The Morgan fingerprint density at radius 3 is 2.76 bits per heavy atom. The molecular formula is C13H16F3N3O2. The van der Waals surface area contributed by atoms with Crippen LogP contribution in [-0.4, -0.2) is 29.1 Å². The van der Waals surface area contributed by atoms with Gasteiger partial charge in [0.15, 0.2) is 0 Å². The number of rotatable bonds is 3. The normalized spacial score (nSPS) is 20.4. The quantitative estimate of drug-likeness (QED) is 0.529. The van der Waals surface area contributed by atoms with Crippen molar-refractivity contribution in [3.05, 3.63) is 33.9 Å². The Bertz CT molecular complexity index is 534. The molecule has 0 aliphatic carbocycles. The zero-order valence-corrected chi connectivity index (χ0v) is 11.3. The summed E-state index contributed by atoms with van der Waals surface area (Å²) in [4.78, 5) is 11.8. The summed E-state index contributed by atoms with van der Waals surface area (Å²) in [5.74, 6) is -1.34. The van der Waals surface area contributed by atoms with Crippen molar-refractivity contribution in [2.24, 2.45) is 5.92 Å². The van der Waals surface area contributed by atoms with Gasteiger partial charge in [-0.25, -0.2) is 0 Å². The van der Waals surface area contributed by atoms with E-state index in [0.29, 0.717) is 24.2 Å². The number of hydrogen-bond donors (Lipinski definition) is 1. The molecule has 1 heterocycles. The van der Waals surface area contributed by atoms with Gasteiger partial charge in [-0.2, -0.15) is 13.2 Å². The van der Waals surface area contributed by atoms with Gasteiger partial charge in [0.05, 0.1) is 10.8 Å². The van der Waals surface area contributed by atoms with E-state index in [-0.39, 0.29) is 25.2 Å². The molecule has 2 rings (SSSR count). The molecule has 5 nitrogen and oxygen atoms in total. The maximum atomic E-state index is 12.8. The van der Waals surface area contributed by atoms with Crippen LogP contribution in [0.4, 0.5) is 24.5 Å². The van der Waals surface area contributed by atoms with E-state index in [1.807, 2.05) is 0 Å². The van der Waals surface area contributed by atoms with Crippen molar-refractivity contribution in [1.29, 1.82) is 0 Å². The summed E-state index contributed by atoms with van der Waals surface area (Å²) in [7, 11) is 0. The number of anilines is 1. The molecular weight excluding hydrogens is 287 g/mol. The fourth-order valence-corrected chi connectivity index (χ4v) is 2.55. The molecule has 0 saturated carbocycles. The van der Waals surface area contributed by atoms with Gasteiger partial charge < -0.3 is 5.73 Å². The molecule has 1 unspecified atom stereocenters. The number of nitrogen functional groups attached to an aromatic ring is 1. The van der Waals surface area contributed by atoms with Crippen LogP contribution < -0.4 is 5.73 Å². The van der Waals surface area contributed by atoms with Gasteiger partial charge >= 0.3 is 6.18 Å². The molecule has 1 aliphatic rings. The standard InChI is InChI=1S/C13H16F3N3O2/c14-13(15,16)10-2-1-5-18(8-10)7-9-6-11(19(20)21)3-4-12(9)17/h3-4,6,10H,1-2,5,7-8,17H2.